The predicted molar refractivity (Wildman–Crippen MR) is 119 cm³/mol. The first kappa shape index (κ1) is 21.2. The lowest BCUT2D eigenvalue weighted by Crippen LogP contribution is -2.53. The molecular weight excluding hydrogens is 372 g/mol. The molecule has 0 radical (unpaired) electrons. The molecule has 1 saturated heterocycles. The van der Waals surface area contributed by atoms with E-state index in [1.165, 1.54) is 25.7 Å². The van der Waals surface area contributed by atoms with Gasteiger partial charge >= 0.3 is 0 Å². The first-order valence-electron chi connectivity index (χ1n) is 12.7. The van der Waals surface area contributed by atoms with Gasteiger partial charge in [0.2, 0.25) is 0 Å². The van der Waals surface area contributed by atoms with Gasteiger partial charge in [-0.3, -0.25) is 4.79 Å². The second-order valence-electron chi connectivity index (χ2n) is 12.5. The fourth-order valence-electron chi connectivity index (χ4n) is 9.11. The number of fused-ring (bicyclic) bond motifs is 7. The molecule has 4 fully saturated rings. The minimum absolute atomic E-state index is 0.195. The molecule has 0 amide bonds. The maximum atomic E-state index is 12.1. The van der Waals surface area contributed by atoms with Gasteiger partial charge in [0.25, 0.3) is 0 Å². The van der Waals surface area contributed by atoms with Gasteiger partial charge in [0, 0.05) is 18.8 Å². The van der Waals surface area contributed by atoms with Crippen molar-refractivity contribution < 1.29 is 14.6 Å². The summed E-state index contributed by atoms with van der Waals surface area (Å²) in [6.07, 6.45) is 13.1. The molecule has 10 atom stereocenters. The molecule has 30 heavy (non-hydrogen) atoms. The van der Waals surface area contributed by atoms with Gasteiger partial charge in [-0.1, -0.05) is 40.7 Å². The molecule has 0 aromatic carbocycles. The Labute approximate surface area is 183 Å². The average Bonchev–Trinajstić information content (AvgIpc) is 3.11. The summed E-state index contributed by atoms with van der Waals surface area (Å²) in [5.41, 5.74) is 0.477. The van der Waals surface area contributed by atoms with Crippen LogP contribution in [0.2, 0.25) is 0 Å². The largest absolute Gasteiger partial charge is 0.365 e. The normalized spacial score (nSPS) is 54.6. The molecule has 5 rings (SSSR count). The molecule has 3 heteroatoms. The van der Waals surface area contributed by atoms with Gasteiger partial charge in [-0.15, -0.1) is 0 Å². The van der Waals surface area contributed by atoms with Crippen molar-refractivity contribution in [1.29, 1.82) is 0 Å². The van der Waals surface area contributed by atoms with Crippen LogP contribution in [0.1, 0.15) is 86.0 Å². The van der Waals surface area contributed by atoms with E-state index in [-0.39, 0.29) is 22.9 Å². The Bertz CT molecular complexity index is 742. The zero-order valence-corrected chi connectivity index (χ0v) is 19.7. The molecule has 1 N–H and O–H groups in total. The van der Waals surface area contributed by atoms with E-state index in [1.807, 2.05) is 6.08 Å². The topological polar surface area (TPSA) is 46.5 Å². The highest BCUT2D eigenvalue weighted by Crippen LogP contribution is 2.70. The lowest BCUT2D eigenvalue weighted by atomic mass is 9.45. The molecule has 0 aromatic rings. The molecule has 0 aromatic heterocycles. The van der Waals surface area contributed by atoms with E-state index in [0.717, 1.165) is 31.6 Å². The van der Waals surface area contributed by atoms with E-state index < -0.39 is 5.79 Å². The summed E-state index contributed by atoms with van der Waals surface area (Å²) >= 11 is 0. The van der Waals surface area contributed by atoms with Crippen molar-refractivity contribution in [3.05, 3.63) is 12.2 Å². The second kappa shape index (κ2) is 6.91. The lowest BCUT2D eigenvalue weighted by molar-refractivity contribution is -0.221. The minimum atomic E-state index is -0.930. The van der Waals surface area contributed by atoms with E-state index in [9.17, 15) is 9.90 Å². The number of ether oxygens (including phenoxy) is 1. The van der Waals surface area contributed by atoms with E-state index in [1.54, 1.807) is 0 Å². The van der Waals surface area contributed by atoms with Crippen LogP contribution in [0.3, 0.4) is 0 Å². The number of carbonyl (C=O) groups excluding carboxylic acids is 1. The summed E-state index contributed by atoms with van der Waals surface area (Å²) in [6.45, 7) is 11.7. The second-order valence-corrected chi connectivity index (χ2v) is 12.5. The maximum Gasteiger partial charge on any atom is 0.168 e. The van der Waals surface area contributed by atoms with Crippen LogP contribution in [0.5, 0.6) is 0 Å². The van der Waals surface area contributed by atoms with Crippen molar-refractivity contribution in [2.45, 2.75) is 97.9 Å². The van der Waals surface area contributed by atoms with Crippen LogP contribution in [0.25, 0.3) is 0 Å². The van der Waals surface area contributed by atoms with Crippen LogP contribution in [0.4, 0.5) is 0 Å². The van der Waals surface area contributed by atoms with Crippen molar-refractivity contribution in [1.82, 2.24) is 0 Å². The lowest BCUT2D eigenvalue weighted by Gasteiger charge is -2.59. The van der Waals surface area contributed by atoms with Crippen molar-refractivity contribution in [2.24, 2.45) is 52.3 Å². The monoisotopic (exact) mass is 414 g/mol. The average molecular weight is 415 g/mol. The van der Waals surface area contributed by atoms with Crippen LogP contribution in [0, 0.1) is 52.3 Å². The summed E-state index contributed by atoms with van der Waals surface area (Å²) in [7, 11) is 0. The predicted octanol–water partition coefficient (Wildman–Crippen LogP) is 5.76. The fourth-order valence-corrected chi connectivity index (χ4v) is 9.11. The molecule has 4 aliphatic carbocycles. The molecule has 3 nitrogen and oxygen atoms in total. The third-order valence-electron chi connectivity index (χ3n) is 10.8. The Kier molecular flexibility index (Phi) is 4.88. The molecule has 1 heterocycles. The highest BCUT2D eigenvalue weighted by molar-refractivity contribution is 5.91. The summed E-state index contributed by atoms with van der Waals surface area (Å²) in [5, 5.41) is 11.4. The summed E-state index contributed by atoms with van der Waals surface area (Å²) in [4.78, 5) is 12.1. The zero-order valence-electron chi connectivity index (χ0n) is 19.7. The molecule has 0 bridgehead atoms. The smallest absolute Gasteiger partial charge is 0.168 e. The number of carbonyl (C=O) groups is 1. The van der Waals surface area contributed by atoms with E-state index >= 15 is 0 Å². The number of hydrogen-bond donors (Lipinski definition) is 1. The molecule has 5 aliphatic rings. The van der Waals surface area contributed by atoms with Crippen molar-refractivity contribution in [2.75, 3.05) is 0 Å². The Balaban J connectivity index is 1.40. The number of hydrogen-bond acceptors (Lipinski definition) is 3. The Morgan fingerprint density at radius 3 is 2.70 bits per heavy atom. The standard InChI is InChI=1S/C27H42O3/c1-16(2)8-13-27(29)17(3)24-23(30-27)15-22-20-7-6-18-14-19(28)9-11-25(18,4)21(20)10-12-26(22,24)5/h9,11,16-18,20-24,29H,6-8,10,12-15H2,1-5H3/t17-,18?,20+,21-,22-,23-,24-,25-,26-,27?/m0/s1. The van der Waals surface area contributed by atoms with Gasteiger partial charge in [0.15, 0.2) is 11.6 Å². The SMILES string of the molecule is CC(C)CCC1(O)O[C@H]2C[C@H]3[C@@H]4CCC5CC(=O)C=C[C@]5(C)[C@H]4CC[C@]3(C)[C@H]2[C@@H]1C. The van der Waals surface area contributed by atoms with E-state index in [2.05, 4.69) is 40.7 Å². The molecule has 2 unspecified atom stereocenters. The van der Waals surface area contributed by atoms with Gasteiger partial charge < -0.3 is 9.84 Å². The summed E-state index contributed by atoms with van der Waals surface area (Å²) < 4.78 is 6.52. The molecular formula is C27H42O3. The van der Waals surface area contributed by atoms with Gasteiger partial charge in [-0.05, 0) is 90.9 Å². The third kappa shape index (κ3) is 2.86. The minimum Gasteiger partial charge on any atom is -0.365 e. The van der Waals surface area contributed by atoms with Crippen LogP contribution in [-0.4, -0.2) is 22.8 Å². The maximum absolute atomic E-state index is 12.1. The number of rotatable bonds is 3. The highest BCUT2D eigenvalue weighted by Gasteiger charge is 2.68. The van der Waals surface area contributed by atoms with Crippen molar-refractivity contribution in [3.8, 4) is 0 Å². The third-order valence-corrected chi connectivity index (χ3v) is 10.8. The summed E-state index contributed by atoms with van der Waals surface area (Å²) in [6, 6.07) is 0. The molecule has 1 aliphatic heterocycles. The van der Waals surface area contributed by atoms with Crippen LogP contribution < -0.4 is 0 Å². The molecule has 3 saturated carbocycles. The fraction of sp³-hybridized carbons (Fsp3) is 0.889. The quantitative estimate of drug-likeness (QED) is 0.638. The van der Waals surface area contributed by atoms with Gasteiger partial charge in [0.1, 0.15) is 0 Å². The summed E-state index contributed by atoms with van der Waals surface area (Å²) in [5.74, 6) is 3.37. The van der Waals surface area contributed by atoms with E-state index in [4.69, 9.17) is 4.74 Å². The number of ketones is 1. The Hall–Kier alpha value is -0.670. The Morgan fingerprint density at radius 1 is 1.20 bits per heavy atom. The van der Waals surface area contributed by atoms with Crippen LogP contribution in [0.15, 0.2) is 12.2 Å². The van der Waals surface area contributed by atoms with Crippen molar-refractivity contribution in [3.63, 3.8) is 0 Å². The highest BCUT2D eigenvalue weighted by atomic mass is 16.6. The molecule has 168 valence electrons. The van der Waals surface area contributed by atoms with Crippen molar-refractivity contribution >= 4 is 5.78 Å². The zero-order chi connectivity index (χ0) is 21.5. The van der Waals surface area contributed by atoms with Gasteiger partial charge in [0.05, 0.1) is 6.10 Å². The first-order chi connectivity index (χ1) is 14.1. The molecule has 0 spiro atoms. The number of aliphatic hydroxyl groups is 1. The van der Waals surface area contributed by atoms with Gasteiger partial charge in [-0.25, -0.2) is 0 Å². The van der Waals surface area contributed by atoms with E-state index in [0.29, 0.717) is 35.4 Å². The van der Waals surface area contributed by atoms with Gasteiger partial charge in [-0.2, -0.15) is 0 Å². The van der Waals surface area contributed by atoms with Crippen LogP contribution >= 0.6 is 0 Å². The first-order valence-corrected chi connectivity index (χ1v) is 12.7. The Morgan fingerprint density at radius 2 is 1.97 bits per heavy atom. The van der Waals surface area contributed by atoms with Crippen LogP contribution in [-0.2, 0) is 9.53 Å². The number of allylic oxidation sites excluding steroid dienone is 2.